The summed E-state index contributed by atoms with van der Waals surface area (Å²) in [4.78, 5) is 10.2. The van der Waals surface area contributed by atoms with E-state index in [0.717, 1.165) is 31.6 Å². The van der Waals surface area contributed by atoms with Crippen molar-refractivity contribution in [3.8, 4) is 0 Å². The highest BCUT2D eigenvalue weighted by Crippen LogP contribution is 2.19. The van der Waals surface area contributed by atoms with Crippen molar-refractivity contribution in [3.63, 3.8) is 0 Å². The van der Waals surface area contributed by atoms with E-state index in [9.17, 15) is 10.1 Å². The highest BCUT2D eigenvalue weighted by Gasteiger charge is 2.26. The van der Waals surface area contributed by atoms with Crippen LogP contribution in [0.5, 0.6) is 0 Å². The van der Waals surface area contributed by atoms with Gasteiger partial charge in [-0.3, -0.25) is 10.1 Å². The Morgan fingerprint density at radius 3 is 2.72 bits per heavy atom. The Morgan fingerprint density at radius 1 is 1.44 bits per heavy atom. The molecular weight excluding hydrogens is 232 g/mol. The van der Waals surface area contributed by atoms with Crippen LogP contribution in [-0.4, -0.2) is 23.7 Å². The lowest BCUT2D eigenvalue weighted by Crippen LogP contribution is -2.48. The van der Waals surface area contributed by atoms with E-state index in [0.29, 0.717) is 6.54 Å². The summed E-state index contributed by atoms with van der Waals surface area (Å²) in [7, 11) is 0. The van der Waals surface area contributed by atoms with Crippen LogP contribution in [0.2, 0.25) is 0 Å². The van der Waals surface area contributed by atoms with Crippen molar-refractivity contribution in [2.75, 3.05) is 13.2 Å². The Bertz CT molecular complexity index is 411. The Balaban J connectivity index is 1.91. The van der Waals surface area contributed by atoms with E-state index >= 15 is 0 Å². The van der Waals surface area contributed by atoms with Crippen molar-refractivity contribution in [1.82, 2.24) is 5.32 Å². The molecule has 0 amide bonds. The van der Waals surface area contributed by atoms with Gasteiger partial charge in [0.05, 0.1) is 11.5 Å². The summed E-state index contributed by atoms with van der Waals surface area (Å²) in [6, 6.07) is 6.66. The first-order chi connectivity index (χ1) is 8.59. The number of nitrogens with one attached hydrogen (secondary N) is 1. The lowest BCUT2D eigenvalue weighted by atomic mass is 9.94. The monoisotopic (exact) mass is 250 g/mol. The maximum Gasteiger partial charge on any atom is 0.269 e. The number of non-ortho nitro benzene ring substituents is 1. The molecule has 0 radical (unpaired) electrons. The molecule has 5 nitrogen and oxygen atoms in total. The van der Waals surface area contributed by atoms with Crippen molar-refractivity contribution in [2.24, 2.45) is 0 Å². The second kappa shape index (κ2) is 5.46. The minimum absolute atomic E-state index is 0.0139. The van der Waals surface area contributed by atoms with Gasteiger partial charge in [0.25, 0.3) is 5.69 Å². The summed E-state index contributed by atoms with van der Waals surface area (Å²) in [5.74, 6) is 0. The number of nitro groups is 1. The second-order valence-electron chi connectivity index (χ2n) is 4.99. The first-order valence-corrected chi connectivity index (χ1v) is 6.15. The molecular formula is C13H18N2O3. The Labute approximate surface area is 106 Å². The normalized spacial score (nSPS) is 23.8. The van der Waals surface area contributed by atoms with E-state index < -0.39 is 0 Å². The Kier molecular flexibility index (Phi) is 3.93. The molecule has 0 aromatic heterocycles. The van der Waals surface area contributed by atoms with Gasteiger partial charge in [-0.15, -0.1) is 0 Å². The molecule has 98 valence electrons. The number of nitro benzene ring substituents is 1. The topological polar surface area (TPSA) is 64.4 Å². The number of hydrogen-bond donors (Lipinski definition) is 1. The van der Waals surface area contributed by atoms with E-state index in [1.807, 2.05) is 0 Å². The molecule has 0 bridgehead atoms. The van der Waals surface area contributed by atoms with Crippen LogP contribution in [0.4, 0.5) is 5.69 Å². The molecule has 0 spiro atoms. The molecule has 2 rings (SSSR count). The van der Waals surface area contributed by atoms with E-state index in [-0.39, 0.29) is 16.1 Å². The molecule has 1 fully saturated rings. The van der Waals surface area contributed by atoms with Gasteiger partial charge in [0.1, 0.15) is 0 Å². The lowest BCUT2D eigenvalue weighted by Gasteiger charge is -2.34. The second-order valence-corrected chi connectivity index (χ2v) is 4.99. The van der Waals surface area contributed by atoms with Crippen LogP contribution in [0.3, 0.4) is 0 Å². The zero-order valence-corrected chi connectivity index (χ0v) is 10.5. The fraction of sp³-hybridized carbons (Fsp3) is 0.538. The smallest absolute Gasteiger partial charge is 0.269 e. The molecule has 1 atom stereocenters. The first kappa shape index (κ1) is 13.0. The van der Waals surface area contributed by atoms with Gasteiger partial charge in [0, 0.05) is 30.8 Å². The molecule has 1 heterocycles. The van der Waals surface area contributed by atoms with E-state index in [1.54, 1.807) is 12.1 Å². The summed E-state index contributed by atoms with van der Waals surface area (Å²) in [6.45, 7) is 4.42. The number of rotatable bonds is 4. The van der Waals surface area contributed by atoms with Crippen LogP contribution >= 0.6 is 0 Å². The molecule has 1 saturated heterocycles. The molecule has 0 saturated carbocycles. The highest BCUT2D eigenvalue weighted by molar-refractivity contribution is 5.32. The summed E-state index contributed by atoms with van der Waals surface area (Å²) in [5, 5.41) is 14.0. The van der Waals surface area contributed by atoms with Gasteiger partial charge in [0.15, 0.2) is 0 Å². The quantitative estimate of drug-likeness (QED) is 0.657. The predicted octanol–water partition coefficient (Wildman–Crippen LogP) is 2.25. The maximum absolute atomic E-state index is 10.5. The van der Waals surface area contributed by atoms with Gasteiger partial charge < -0.3 is 10.1 Å². The van der Waals surface area contributed by atoms with Gasteiger partial charge in [-0.2, -0.15) is 0 Å². The summed E-state index contributed by atoms with van der Waals surface area (Å²) < 4.78 is 5.47. The van der Waals surface area contributed by atoms with Gasteiger partial charge in [-0.05, 0) is 25.3 Å². The average Bonchev–Trinajstić information content (AvgIpc) is 2.38. The third-order valence-electron chi connectivity index (χ3n) is 3.30. The fourth-order valence-corrected chi connectivity index (χ4v) is 2.12. The summed E-state index contributed by atoms with van der Waals surface area (Å²) >= 11 is 0. The van der Waals surface area contributed by atoms with Crippen LogP contribution in [-0.2, 0) is 11.3 Å². The molecule has 5 heteroatoms. The SMILES string of the molecule is CC1(NCc2ccc([N+](=O)[O-])cc2)CCCOC1. The molecule has 0 aliphatic carbocycles. The molecule has 1 aliphatic rings. The molecule has 1 unspecified atom stereocenters. The Hall–Kier alpha value is -1.46. The van der Waals surface area contributed by atoms with Crippen molar-refractivity contribution in [3.05, 3.63) is 39.9 Å². The third kappa shape index (κ3) is 3.27. The zero-order chi connectivity index (χ0) is 13.0. The van der Waals surface area contributed by atoms with Gasteiger partial charge in [-0.25, -0.2) is 0 Å². The van der Waals surface area contributed by atoms with Crippen LogP contribution in [0.15, 0.2) is 24.3 Å². The fourth-order valence-electron chi connectivity index (χ4n) is 2.12. The predicted molar refractivity (Wildman–Crippen MR) is 68.4 cm³/mol. The van der Waals surface area contributed by atoms with Crippen molar-refractivity contribution in [2.45, 2.75) is 31.8 Å². The van der Waals surface area contributed by atoms with Crippen molar-refractivity contribution >= 4 is 5.69 Å². The maximum atomic E-state index is 10.5. The molecule has 1 aliphatic heterocycles. The standard InChI is InChI=1S/C13H18N2O3/c1-13(7-2-8-18-10-13)14-9-11-3-5-12(6-4-11)15(16)17/h3-6,14H,2,7-10H2,1H3. The summed E-state index contributed by atoms with van der Waals surface area (Å²) in [5.41, 5.74) is 1.19. The molecule has 1 aromatic carbocycles. The van der Waals surface area contributed by atoms with Crippen LogP contribution in [0.25, 0.3) is 0 Å². The largest absolute Gasteiger partial charge is 0.380 e. The van der Waals surface area contributed by atoms with E-state index in [2.05, 4.69) is 12.2 Å². The minimum atomic E-state index is -0.381. The van der Waals surface area contributed by atoms with Crippen molar-refractivity contribution in [1.29, 1.82) is 0 Å². The van der Waals surface area contributed by atoms with E-state index in [4.69, 9.17) is 4.74 Å². The third-order valence-corrected chi connectivity index (χ3v) is 3.30. The van der Waals surface area contributed by atoms with Gasteiger partial charge in [-0.1, -0.05) is 12.1 Å². The number of ether oxygens (including phenoxy) is 1. The molecule has 1 N–H and O–H groups in total. The average molecular weight is 250 g/mol. The van der Waals surface area contributed by atoms with Crippen LogP contribution in [0, 0.1) is 10.1 Å². The first-order valence-electron chi connectivity index (χ1n) is 6.15. The van der Waals surface area contributed by atoms with Crippen LogP contribution in [0.1, 0.15) is 25.3 Å². The van der Waals surface area contributed by atoms with Crippen molar-refractivity contribution < 1.29 is 9.66 Å². The number of hydrogen-bond acceptors (Lipinski definition) is 4. The van der Waals surface area contributed by atoms with Gasteiger partial charge in [0.2, 0.25) is 0 Å². The van der Waals surface area contributed by atoms with E-state index in [1.165, 1.54) is 12.1 Å². The van der Waals surface area contributed by atoms with Gasteiger partial charge >= 0.3 is 0 Å². The minimum Gasteiger partial charge on any atom is -0.380 e. The zero-order valence-electron chi connectivity index (χ0n) is 10.5. The lowest BCUT2D eigenvalue weighted by molar-refractivity contribution is -0.384. The number of benzene rings is 1. The molecule has 1 aromatic rings. The molecule has 18 heavy (non-hydrogen) atoms. The van der Waals surface area contributed by atoms with Crippen LogP contribution < -0.4 is 5.32 Å². The number of nitrogens with zero attached hydrogens (tertiary/aromatic N) is 1. The highest BCUT2D eigenvalue weighted by atomic mass is 16.6. The Morgan fingerprint density at radius 2 is 2.17 bits per heavy atom. The summed E-state index contributed by atoms with van der Waals surface area (Å²) in [6.07, 6.45) is 2.17.